The summed E-state index contributed by atoms with van der Waals surface area (Å²) in [7, 11) is 1.49. The maximum absolute atomic E-state index is 12.1. The van der Waals surface area contributed by atoms with Crippen LogP contribution in [0.15, 0.2) is 71.8 Å². The summed E-state index contributed by atoms with van der Waals surface area (Å²) in [4.78, 5) is 24.1. The molecule has 0 aliphatic carbocycles. The molecule has 3 aromatic carbocycles. The van der Waals surface area contributed by atoms with E-state index < -0.39 is 5.91 Å². The first kappa shape index (κ1) is 24.6. The first-order valence-corrected chi connectivity index (χ1v) is 10.7. The number of aryl methyl sites for hydroxylation is 1. The molecule has 0 aromatic heterocycles. The van der Waals surface area contributed by atoms with Crippen LogP contribution in [0.4, 0.5) is 5.69 Å². The summed E-state index contributed by atoms with van der Waals surface area (Å²) in [6, 6.07) is 19.4. The van der Waals surface area contributed by atoms with E-state index in [2.05, 4.69) is 15.8 Å². The number of benzene rings is 3. The van der Waals surface area contributed by atoms with Crippen LogP contribution in [0, 0.1) is 6.92 Å². The van der Waals surface area contributed by atoms with Gasteiger partial charge in [-0.05, 0) is 55.0 Å². The van der Waals surface area contributed by atoms with Gasteiger partial charge in [-0.25, -0.2) is 5.43 Å². The second-order valence-electron chi connectivity index (χ2n) is 7.13. The van der Waals surface area contributed by atoms with Gasteiger partial charge in [0.2, 0.25) is 0 Å². The summed E-state index contributed by atoms with van der Waals surface area (Å²) in [6.45, 7) is 1.56. The Kier molecular flexibility index (Phi) is 8.88. The van der Waals surface area contributed by atoms with E-state index in [1.54, 1.807) is 42.5 Å². The van der Waals surface area contributed by atoms with Gasteiger partial charge in [0, 0.05) is 5.69 Å². The van der Waals surface area contributed by atoms with E-state index in [1.165, 1.54) is 13.3 Å². The maximum atomic E-state index is 12.1. The monoisotopic (exact) mass is 481 g/mol. The molecule has 0 spiro atoms. The highest BCUT2D eigenvalue weighted by Crippen LogP contribution is 2.27. The summed E-state index contributed by atoms with van der Waals surface area (Å²) in [5, 5.41) is 7.09. The van der Waals surface area contributed by atoms with E-state index >= 15 is 0 Å². The molecule has 0 bridgehead atoms. The molecule has 2 N–H and O–H groups in total. The second-order valence-corrected chi connectivity index (χ2v) is 7.53. The number of carbonyl (C=O) groups is 2. The van der Waals surface area contributed by atoms with E-state index in [0.717, 1.165) is 5.56 Å². The minimum atomic E-state index is -0.442. The molecule has 0 aliphatic rings. The Hall–Kier alpha value is -4.04. The number of ether oxygens (including phenoxy) is 3. The van der Waals surface area contributed by atoms with Crippen LogP contribution in [-0.2, 0) is 9.59 Å². The van der Waals surface area contributed by atoms with Crippen molar-refractivity contribution in [3.63, 3.8) is 0 Å². The molecule has 3 aromatic rings. The van der Waals surface area contributed by atoms with Gasteiger partial charge in [0.05, 0.1) is 18.3 Å². The van der Waals surface area contributed by atoms with Crippen LogP contribution >= 0.6 is 11.6 Å². The van der Waals surface area contributed by atoms with Gasteiger partial charge in [-0.2, -0.15) is 5.10 Å². The average Bonchev–Trinajstić information content (AvgIpc) is 2.84. The Balaban J connectivity index is 1.49. The lowest BCUT2D eigenvalue weighted by Gasteiger charge is -2.11. The smallest absolute Gasteiger partial charge is 0.277 e. The molecule has 8 nitrogen and oxygen atoms in total. The molecule has 0 heterocycles. The molecule has 9 heteroatoms. The molecule has 3 rings (SSSR count). The molecule has 0 fully saturated rings. The van der Waals surface area contributed by atoms with Crippen molar-refractivity contribution in [2.45, 2.75) is 6.92 Å². The number of rotatable bonds is 10. The molecule has 0 saturated carbocycles. The van der Waals surface area contributed by atoms with Crippen LogP contribution in [-0.4, -0.2) is 38.4 Å². The van der Waals surface area contributed by atoms with Crippen molar-refractivity contribution in [1.29, 1.82) is 0 Å². The van der Waals surface area contributed by atoms with Gasteiger partial charge in [-0.1, -0.05) is 41.4 Å². The summed E-state index contributed by atoms with van der Waals surface area (Å²) in [5.74, 6) is 0.494. The van der Waals surface area contributed by atoms with Gasteiger partial charge in [0.15, 0.2) is 24.7 Å². The predicted octanol–water partition coefficient (Wildman–Crippen LogP) is 4.20. The molecule has 0 saturated heterocycles. The van der Waals surface area contributed by atoms with Gasteiger partial charge < -0.3 is 19.5 Å². The van der Waals surface area contributed by atoms with Crippen molar-refractivity contribution >= 4 is 35.3 Å². The van der Waals surface area contributed by atoms with Crippen LogP contribution < -0.4 is 25.0 Å². The number of anilines is 1. The maximum Gasteiger partial charge on any atom is 0.277 e. The number of carbonyl (C=O) groups excluding carboxylic acids is 2. The summed E-state index contributed by atoms with van der Waals surface area (Å²) in [6.07, 6.45) is 1.45. The lowest BCUT2D eigenvalue weighted by molar-refractivity contribution is -0.123. The molecular weight excluding hydrogens is 458 g/mol. The highest BCUT2D eigenvalue weighted by atomic mass is 35.5. The topological polar surface area (TPSA) is 98.2 Å². The zero-order valence-electron chi connectivity index (χ0n) is 18.7. The number of nitrogens with zero attached hydrogens (tertiary/aromatic N) is 1. The van der Waals surface area contributed by atoms with E-state index in [0.29, 0.717) is 33.5 Å². The second kappa shape index (κ2) is 12.3. The van der Waals surface area contributed by atoms with Gasteiger partial charge in [0.1, 0.15) is 5.75 Å². The molecule has 0 aliphatic heterocycles. The Morgan fingerprint density at radius 1 is 0.912 bits per heavy atom. The molecule has 176 valence electrons. The Morgan fingerprint density at radius 3 is 2.35 bits per heavy atom. The number of hydrogen-bond acceptors (Lipinski definition) is 6. The van der Waals surface area contributed by atoms with E-state index in [9.17, 15) is 9.59 Å². The van der Waals surface area contributed by atoms with Crippen molar-refractivity contribution in [3.8, 4) is 17.2 Å². The number of nitrogens with one attached hydrogen (secondary N) is 2. The van der Waals surface area contributed by atoms with Crippen molar-refractivity contribution in [1.82, 2.24) is 5.43 Å². The Morgan fingerprint density at radius 2 is 1.62 bits per heavy atom. The van der Waals surface area contributed by atoms with Crippen molar-refractivity contribution in [2.75, 3.05) is 25.6 Å². The van der Waals surface area contributed by atoms with Crippen LogP contribution in [0.5, 0.6) is 17.2 Å². The largest absolute Gasteiger partial charge is 0.493 e. The molecular formula is C25H24ClN3O5. The van der Waals surface area contributed by atoms with Crippen LogP contribution in [0.2, 0.25) is 5.02 Å². The number of methoxy groups -OCH3 is 1. The van der Waals surface area contributed by atoms with E-state index in [1.807, 2.05) is 31.2 Å². The summed E-state index contributed by atoms with van der Waals surface area (Å²) >= 11 is 5.98. The lowest BCUT2D eigenvalue weighted by atomic mass is 10.2. The standard InChI is InChI=1S/C25H24ClN3O5/c1-17-7-10-19(11-8-17)28-24(30)15-34-22-12-9-18(13-23(22)32-2)14-27-29-25(31)16-33-21-6-4-3-5-20(21)26/h3-14H,15-16H2,1-2H3,(H,28,30)(H,29,31)/b27-14-. The zero-order chi connectivity index (χ0) is 24.3. The van der Waals surface area contributed by atoms with Gasteiger partial charge in [0.25, 0.3) is 11.8 Å². The van der Waals surface area contributed by atoms with Gasteiger partial charge >= 0.3 is 0 Å². The Labute approximate surface area is 202 Å². The third kappa shape index (κ3) is 7.53. The summed E-state index contributed by atoms with van der Waals surface area (Å²) in [5.41, 5.74) is 4.83. The minimum absolute atomic E-state index is 0.181. The molecule has 2 amide bonds. The van der Waals surface area contributed by atoms with Crippen LogP contribution in [0.3, 0.4) is 0 Å². The molecule has 34 heavy (non-hydrogen) atoms. The third-order valence-electron chi connectivity index (χ3n) is 4.48. The number of halogens is 1. The van der Waals surface area contributed by atoms with Crippen molar-refractivity contribution in [3.05, 3.63) is 82.9 Å². The first-order valence-electron chi connectivity index (χ1n) is 10.3. The summed E-state index contributed by atoms with van der Waals surface area (Å²) < 4.78 is 16.3. The van der Waals surface area contributed by atoms with Gasteiger partial charge in [-0.3, -0.25) is 9.59 Å². The third-order valence-corrected chi connectivity index (χ3v) is 4.79. The average molecular weight is 482 g/mol. The predicted molar refractivity (Wildman–Crippen MR) is 131 cm³/mol. The highest BCUT2D eigenvalue weighted by Gasteiger charge is 2.09. The quantitative estimate of drug-likeness (QED) is 0.334. The number of hydrogen-bond donors (Lipinski definition) is 2. The van der Waals surface area contributed by atoms with Crippen molar-refractivity contribution in [2.24, 2.45) is 5.10 Å². The molecule has 0 atom stereocenters. The Bertz CT molecular complexity index is 1170. The van der Waals surface area contributed by atoms with Crippen LogP contribution in [0.1, 0.15) is 11.1 Å². The highest BCUT2D eigenvalue weighted by molar-refractivity contribution is 6.32. The lowest BCUT2D eigenvalue weighted by Crippen LogP contribution is -2.24. The van der Waals surface area contributed by atoms with Gasteiger partial charge in [-0.15, -0.1) is 0 Å². The number of amides is 2. The van der Waals surface area contributed by atoms with E-state index in [4.69, 9.17) is 25.8 Å². The fourth-order valence-corrected chi connectivity index (χ4v) is 2.97. The van der Waals surface area contributed by atoms with Crippen molar-refractivity contribution < 1.29 is 23.8 Å². The SMILES string of the molecule is COc1cc(/C=N\NC(=O)COc2ccccc2Cl)ccc1OCC(=O)Nc1ccc(C)cc1. The fraction of sp³-hybridized carbons (Fsp3) is 0.160. The number of para-hydroxylation sites is 1. The first-order chi connectivity index (χ1) is 16.4. The fourth-order valence-electron chi connectivity index (χ4n) is 2.78. The van der Waals surface area contributed by atoms with E-state index in [-0.39, 0.29) is 19.1 Å². The minimum Gasteiger partial charge on any atom is -0.493 e. The molecule has 0 unspecified atom stereocenters. The molecule has 0 radical (unpaired) electrons. The normalized spacial score (nSPS) is 10.6. The van der Waals surface area contributed by atoms with Crippen LogP contribution in [0.25, 0.3) is 0 Å². The zero-order valence-corrected chi connectivity index (χ0v) is 19.5. The number of hydrazone groups is 1.